The SMILES string of the molecule is CON=NN=NN=NN=NN=NN=NN=NN=NN=NN=NN=NN. The highest BCUT2D eigenvalue weighted by atomic mass is 16.6. The minimum Gasteiger partial charge on any atom is -0.381 e. The minimum absolute atomic E-state index is 1.27. The normalized spacial score (nSPS) is 14.6. The van der Waals surface area contributed by atoms with Crippen LogP contribution >= 0.6 is 0 Å². The van der Waals surface area contributed by atoms with Crippen LogP contribution in [-0.2, 0) is 4.84 Å². The lowest BCUT2D eigenvalue weighted by Crippen LogP contribution is -1.70. The molecule has 0 rings (SSSR count). The minimum atomic E-state index is 1.27. The molecule has 0 amide bonds. The Bertz CT molecular complexity index is 618. The van der Waals surface area contributed by atoms with Crippen LogP contribution in [0.15, 0.2) is 115 Å². The van der Waals surface area contributed by atoms with Gasteiger partial charge in [-0.1, -0.05) is 5.22 Å². The maximum atomic E-state index is 4.61. The summed E-state index contributed by atoms with van der Waals surface area (Å²) in [5.74, 6) is 4.61. The first-order valence-electron chi connectivity index (χ1n) is 5.05. The summed E-state index contributed by atoms with van der Waals surface area (Å²) in [6, 6.07) is 0. The van der Waals surface area contributed by atoms with Crippen LogP contribution in [0.4, 0.5) is 0 Å². The van der Waals surface area contributed by atoms with Gasteiger partial charge in [0, 0.05) is 73.2 Å². The fraction of sp³-hybridized carbons (Fsp3) is 1.00. The summed E-state index contributed by atoms with van der Waals surface area (Å²) in [6.07, 6.45) is 0. The Morgan fingerprint density at radius 2 is 0.640 bits per heavy atom. The zero-order valence-corrected chi connectivity index (χ0v) is 11.8. The molecule has 0 aliphatic heterocycles. The Labute approximate surface area is 134 Å². The van der Waals surface area contributed by atoms with Gasteiger partial charge in [0.2, 0.25) is 0 Å². The van der Waals surface area contributed by atoms with Crippen molar-refractivity contribution in [1.29, 1.82) is 0 Å². The molecule has 130 valence electrons. The fourth-order valence-electron chi connectivity index (χ4n) is 0.398. The lowest BCUT2D eigenvalue weighted by molar-refractivity contribution is 0.185. The molecule has 0 radical (unpaired) electrons. The molecule has 0 aromatic rings. The molecule has 0 aromatic heterocycles. The Morgan fingerprint density at radius 3 is 0.880 bits per heavy atom. The van der Waals surface area contributed by atoms with Gasteiger partial charge >= 0.3 is 0 Å². The third-order valence-electron chi connectivity index (χ3n) is 0.930. The zero-order valence-electron chi connectivity index (χ0n) is 11.8. The summed E-state index contributed by atoms with van der Waals surface area (Å²) >= 11 is 0. The number of nitrogens with two attached hydrogens (primary N) is 1. The molecule has 0 aliphatic rings. The second-order valence-corrected chi connectivity index (χ2v) is 2.17. The van der Waals surface area contributed by atoms with Crippen LogP contribution < -0.4 is 5.84 Å². The number of hydrogen-bond donors (Lipinski definition) is 1. The maximum Gasteiger partial charge on any atom is 0.108 e. The van der Waals surface area contributed by atoms with Gasteiger partial charge in [-0.25, -0.2) is 0 Å². The lowest BCUT2D eigenvalue weighted by atomic mass is 11.7. The van der Waals surface area contributed by atoms with Crippen molar-refractivity contribution in [1.82, 2.24) is 0 Å². The maximum absolute atomic E-state index is 4.61. The Morgan fingerprint density at radius 1 is 0.400 bits per heavy atom. The van der Waals surface area contributed by atoms with Crippen molar-refractivity contribution in [2.75, 3.05) is 7.11 Å². The molecule has 25 heavy (non-hydrogen) atoms. The summed E-state index contributed by atoms with van der Waals surface area (Å²) in [5, 5.41) is 65.5. The van der Waals surface area contributed by atoms with Crippen molar-refractivity contribution < 1.29 is 4.84 Å². The molecule has 0 fully saturated rings. The number of nitrogens with zero attached hydrogens (tertiary/aromatic N) is 22. The molecule has 0 saturated carbocycles. The van der Waals surface area contributed by atoms with Gasteiger partial charge in [-0.3, -0.25) is 0 Å². The van der Waals surface area contributed by atoms with E-state index in [0.29, 0.717) is 0 Å². The molecule has 24 heteroatoms. The summed E-state index contributed by atoms with van der Waals surface area (Å²) < 4.78 is 0. The van der Waals surface area contributed by atoms with Gasteiger partial charge in [-0.2, -0.15) is 0 Å². The second-order valence-electron chi connectivity index (χ2n) is 2.17. The molecular weight excluding hydrogens is 350 g/mol. The molecule has 0 aromatic carbocycles. The van der Waals surface area contributed by atoms with Gasteiger partial charge in [0.25, 0.3) is 0 Å². The van der Waals surface area contributed by atoms with Crippen molar-refractivity contribution in [2.45, 2.75) is 0 Å². The topological polar surface area (TPSA) is 307 Å². The van der Waals surface area contributed by atoms with E-state index in [-0.39, 0.29) is 0 Å². The van der Waals surface area contributed by atoms with Crippen LogP contribution in [0.25, 0.3) is 0 Å². The highest BCUT2D eigenvalue weighted by molar-refractivity contribution is 4.14. The molecule has 24 nitrogen and oxygen atoms in total. The van der Waals surface area contributed by atoms with Crippen LogP contribution in [0.1, 0.15) is 0 Å². The van der Waals surface area contributed by atoms with Crippen molar-refractivity contribution >= 4 is 0 Å². The van der Waals surface area contributed by atoms with Gasteiger partial charge in [0.05, 0.1) is 0 Å². The summed E-state index contributed by atoms with van der Waals surface area (Å²) in [5.41, 5.74) is 0. The third kappa shape index (κ3) is 19.2. The average Bonchev–Trinajstić information content (AvgIpc) is 2.63. The van der Waals surface area contributed by atoms with Crippen LogP contribution in [0.5, 0.6) is 0 Å². The fourth-order valence-corrected chi connectivity index (χ4v) is 0.398. The van der Waals surface area contributed by atoms with Crippen LogP contribution in [-0.4, -0.2) is 7.11 Å². The molecule has 0 saturated heterocycles. The highest BCUT2D eigenvalue weighted by Gasteiger charge is 1.71. The van der Waals surface area contributed by atoms with E-state index in [4.69, 9.17) is 0 Å². The third-order valence-corrected chi connectivity index (χ3v) is 0.930. The molecule has 0 unspecified atom stereocenters. The summed E-state index contributed by atoms with van der Waals surface area (Å²) in [6.45, 7) is 0. The van der Waals surface area contributed by atoms with E-state index in [9.17, 15) is 0 Å². The monoisotopic (exact) mass is 355 g/mol. The van der Waals surface area contributed by atoms with Gasteiger partial charge in [-0.05, 0) is 36.6 Å². The Kier molecular flexibility index (Phi) is 15.5. The predicted molar refractivity (Wildman–Crippen MR) is 64.6 cm³/mol. The molecule has 0 spiro atoms. The van der Waals surface area contributed by atoms with E-state index < -0.39 is 0 Å². The quantitative estimate of drug-likeness (QED) is 0.330. The van der Waals surface area contributed by atoms with Crippen LogP contribution in [0.2, 0.25) is 0 Å². The standard InChI is InChI=1S/CH5N23O/c1-25-24-23-22-21-20-19-18-17-16-15-14-13-12-11-10-9-8-7-6-5-4-3-2/h1H3,(H2,2,4,6,8,10,12,14,16,18,20,22,24). The predicted octanol–water partition coefficient (Wildman–Crippen LogP) is 3.55. The smallest absolute Gasteiger partial charge is 0.108 e. The van der Waals surface area contributed by atoms with E-state index in [0.717, 1.165) is 0 Å². The zero-order chi connectivity index (χ0) is 18.3. The van der Waals surface area contributed by atoms with Gasteiger partial charge in [0.15, 0.2) is 0 Å². The molecule has 0 bridgehead atoms. The van der Waals surface area contributed by atoms with Crippen molar-refractivity contribution in [3.8, 4) is 0 Å². The number of rotatable bonds is 11. The lowest BCUT2D eigenvalue weighted by Gasteiger charge is -1.74. The van der Waals surface area contributed by atoms with E-state index in [1.54, 1.807) is 0 Å². The molecular formula is CH5N23O. The first-order valence-corrected chi connectivity index (χ1v) is 5.05. The first-order chi connectivity index (χ1) is 12.4. The van der Waals surface area contributed by atoms with Gasteiger partial charge in [-0.15, -0.1) is 0 Å². The second kappa shape index (κ2) is 19.2. The molecule has 0 atom stereocenters. The van der Waals surface area contributed by atoms with E-state index in [2.05, 4.69) is 126 Å². The van der Waals surface area contributed by atoms with Gasteiger partial charge in [0.1, 0.15) is 7.11 Å². The molecule has 0 aliphatic carbocycles. The summed E-state index contributed by atoms with van der Waals surface area (Å²) in [7, 11) is 1.27. The van der Waals surface area contributed by atoms with E-state index in [1.807, 2.05) is 0 Å². The first kappa shape index (κ1) is 20.2. The largest absolute Gasteiger partial charge is 0.381 e. The molecule has 0 heterocycles. The van der Waals surface area contributed by atoms with E-state index in [1.165, 1.54) is 7.11 Å². The van der Waals surface area contributed by atoms with Crippen LogP contribution in [0.3, 0.4) is 0 Å². The van der Waals surface area contributed by atoms with Crippen LogP contribution in [0, 0.1) is 0 Å². The van der Waals surface area contributed by atoms with Crippen molar-refractivity contribution in [3.05, 3.63) is 0 Å². The number of hydrogen-bond acceptors (Lipinski definition) is 3. The summed E-state index contributed by atoms with van der Waals surface area (Å²) in [4.78, 5) is 4.18. The molecule has 2 N–H and O–H groups in total. The van der Waals surface area contributed by atoms with Crippen molar-refractivity contribution in [2.24, 2.45) is 121 Å². The van der Waals surface area contributed by atoms with E-state index >= 15 is 0 Å². The Hall–Kier alpha value is -4.80. The highest BCUT2D eigenvalue weighted by Crippen LogP contribution is 1.90. The average molecular weight is 355 g/mol. The Balaban J connectivity index is 3.90. The van der Waals surface area contributed by atoms with Crippen molar-refractivity contribution in [3.63, 3.8) is 0 Å². The van der Waals surface area contributed by atoms with Gasteiger partial charge < -0.3 is 10.7 Å².